The van der Waals surface area contributed by atoms with Gasteiger partial charge in [-0.25, -0.2) is 9.97 Å². The summed E-state index contributed by atoms with van der Waals surface area (Å²) < 4.78 is 0. The Morgan fingerprint density at radius 3 is 3.00 bits per heavy atom. The quantitative estimate of drug-likeness (QED) is 0.901. The molecule has 1 N–H and O–H groups in total. The number of hydrogen-bond acceptors (Lipinski definition) is 5. The van der Waals surface area contributed by atoms with Crippen molar-refractivity contribution in [3.8, 4) is 6.07 Å². The van der Waals surface area contributed by atoms with Gasteiger partial charge in [0.25, 0.3) is 0 Å². The first-order chi connectivity index (χ1) is 8.20. The molecule has 0 spiro atoms. The number of aryl methyl sites for hydroxylation is 1. The fourth-order valence-corrected chi connectivity index (χ4v) is 2.25. The molecular weight excluding hydrogens is 232 g/mol. The van der Waals surface area contributed by atoms with E-state index in [1.165, 1.54) is 0 Å². The van der Waals surface area contributed by atoms with E-state index in [9.17, 15) is 0 Å². The van der Waals surface area contributed by atoms with E-state index in [0.717, 1.165) is 10.7 Å². The zero-order chi connectivity index (χ0) is 12.3. The summed E-state index contributed by atoms with van der Waals surface area (Å²) in [5.74, 6) is 0.607. The van der Waals surface area contributed by atoms with Gasteiger partial charge >= 0.3 is 0 Å². The first-order valence-electron chi connectivity index (χ1n) is 5.24. The SMILES string of the molecule is Cc1csc(C(C)Nc2ncccc2C#N)n1. The summed E-state index contributed by atoms with van der Waals surface area (Å²) >= 11 is 1.61. The summed E-state index contributed by atoms with van der Waals surface area (Å²) in [4.78, 5) is 8.57. The molecule has 1 unspecified atom stereocenters. The maximum atomic E-state index is 8.96. The Hall–Kier alpha value is -1.93. The minimum atomic E-state index is 0.0516. The number of thiazole rings is 1. The molecule has 0 saturated heterocycles. The van der Waals surface area contributed by atoms with Crippen LogP contribution >= 0.6 is 11.3 Å². The second-order valence-electron chi connectivity index (χ2n) is 3.70. The Balaban J connectivity index is 2.19. The van der Waals surface area contributed by atoms with E-state index in [1.807, 2.05) is 19.2 Å². The van der Waals surface area contributed by atoms with Crippen molar-refractivity contribution in [2.75, 3.05) is 5.32 Å². The van der Waals surface area contributed by atoms with Gasteiger partial charge in [-0.15, -0.1) is 11.3 Å². The number of hydrogen-bond donors (Lipinski definition) is 1. The molecule has 2 aromatic rings. The van der Waals surface area contributed by atoms with Gasteiger partial charge in [0, 0.05) is 17.3 Å². The van der Waals surface area contributed by atoms with Crippen molar-refractivity contribution in [2.24, 2.45) is 0 Å². The van der Waals surface area contributed by atoms with E-state index in [2.05, 4.69) is 21.4 Å². The highest BCUT2D eigenvalue weighted by Gasteiger charge is 2.11. The highest BCUT2D eigenvalue weighted by Crippen LogP contribution is 2.22. The minimum Gasteiger partial charge on any atom is -0.360 e. The molecule has 2 heterocycles. The third-order valence-electron chi connectivity index (χ3n) is 2.29. The first-order valence-corrected chi connectivity index (χ1v) is 6.12. The van der Waals surface area contributed by atoms with E-state index in [4.69, 9.17) is 5.26 Å². The van der Waals surface area contributed by atoms with Crippen LogP contribution in [0.4, 0.5) is 5.82 Å². The third-order valence-corrected chi connectivity index (χ3v) is 3.43. The fourth-order valence-electron chi connectivity index (χ4n) is 1.45. The zero-order valence-corrected chi connectivity index (χ0v) is 10.5. The highest BCUT2D eigenvalue weighted by molar-refractivity contribution is 7.09. The number of pyridine rings is 1. The summed E-state index contributed by atoms with van der Waals surface area (Å²) in [7, 11) is 0. The van der Waals surface area contributed by atoms with Gasteiger partial charge in [-0.3, -0.25) is 0 Å². The van der Waals surface area contributed by atoms with Gasteiger partial charge in [-0.2, -0.15) is 5.26 Å². The van der Waals surface area contributed by atoms with Gasteiger partial charge in [0.1, 0.15) is 16.9 Å². The second kappa shape index (κ2) is 4.93. The largest absolute Gasteiger partial charge is 0.360 e. The molecule has 5 heteroatoms. The van der Waals surface area contributed by atoms with Crippen LogP contribution in [0, 0.1) is 18.3 Å². The van der Waals surface area contributed by atoms with Crippen molar-refractivity contribution in [2.45, 2.75) is 19.9 Å². The smallest absolute Gasteiger partial charge is 0.144 e. The molecule has 0 fully saturated rings. The Labute approximate surface area is 104 Å². The molecule has 4 nitrogen and oxygen atoms in total. The summed E-state index contributed by atoms with van der Waals surface area (Å²) in [6.07, 6.45) is 1.67. The molecule has 1 atom stereocenters. The van der Waals surface area contributed by atoms with Crippen LogP contribution < -0.4 is 5.32 Å². The van der Waals surface area contributed by atoms with Crippen molar-refractivity contribution in [3.05, 3.63) is 40.0 Å². The van der Waals surface area contributed by atoms with Crippen LogP contribution in [-0.2, 0) is 0 Å². The first kappa shape index (κ1) is 11.6. The zero-order valence-electron chi connectivity index (χ0n) is 9.64. The van der Waals surface area contributed by atoms with Crippen LogP contribution in [0.3, 0.4) is 0 Å². The van der Waals surface area contributed by atoms with E-state index >= 15 is 0 Å². The third kappa shape index (κ3) is 2.60. The molecule has 0 aromatic carbocycles. The molecule has 17 heavy (non-hydrogen) atoms. The van der Waals surface area contributed by atoms with Crippen LogP contribution in [0.25, 0.3) is 0 Å². The van der Waals surface area contributed by atoms with E-state index in [0.29, 0.717) is 11.4 Å². The Bertz CT molecular complexity index is 556. The lowest BCUT2D eigenvalue weighted by atomic mass is 10.2. The van der Waals surface area contributed by atoms with Crippen LogP contribution in [0.5, 0.6) is 0 Å². The average molecular weight is 244 g/mol. The molecule has 0 amide bonds. The molecule has 0 saturated carbocycles. The lowest BCUT2D eigenvalue weighted by Crippen LogP contribution is -2.08. The summed E-state index contributed by atoms with van der Waals surface area (Å²) in [6, 6.07) is 5.66. The predicted molar refractivity (Wildman–Crippen MR) is 67.8 cm³/mol. The lowest BCUT2D eigenvalue weighted by Gasteiger charge is -2.12. The molecule has 0 aliphatic carbocycles. The van der Waals surface area contributed by atoms with Crippen molar-refractivity contribution in [1.29, 1.82) is 5.26 Å². The number of nitriles is 1. The molecule has 0 radical (unpaired) electrons. The van der Waals surface area contributed by atoms with Crippen LogP contribution in [0.15, 0.2) is 23.7 Å². The summed E-state index contributed by atoms with van der Waals surface area (Å²) in [5.41, 5.74) is 1.56. The van der Waals surface area contributed by atoms with Crippen LogP contribution in [0.1, 0.15) is 29.2 Å². The predicted octanol–water partition coefficient (Wildman–Crippen LogP) is 2.89. The summed E-state index contributed by atoms with van der Waals surface area (Å²) in [6.45, 7) is 3.97. The Morgan fingerprint density at radius 1 is 1.53 bits per heavy atom. The average Bonchev–Trinajstić information content (AvgIpc) is 2.77. The van der Waals surface area contributed by atoms with E-state index < -0.39 is 0 Å². The monoisotopic (exact) mass is 244 g/mol. The minimum absolute atomic E-state index is 0.0516. The standard InChI is InChI=1S/C12H12N4S/c1-8-7-17-12(15-8)9(2)16-11-10(6-13)4-3-5-14-11/h3-5,7,9H,1-2H3,(H,14,16). The van der Waals surface area contributed by atoms with Gasteiger partial charge in [0.15, 0.2) is 0 Å². The van der Waals surface area contributed by atoms with Crippen molar-refractivity contribution in [1.82, 2.24) is 9.97 Å². The second-order valence-corrected chi connectivity index (χ2v) is 4.59. The van der Waals surface area contributed by atoms with Gasteiger partial charge in [0.05, 0.1) is 11.6 Å². The highest BCUT2D eigenvalue weighted by atomic mass is 32.1. The van der Waals surface area contributed by atoms with E-state index in [1.54, 1.807) is 29.7 Å². The lowest BCUT2D eigenvalue weighted by molar-refractivity contribution is 0.854. The summed E-state index contributed by atoms with van der Waals surface area (Å²) in [5, 5.41) is 15.2. The van der Waals surface area contributed by atoms with Crippen LogP contribution in [0.2, 0.25) is 0 Å². The molecule has 2 aromatic heterocycles. The molecular formula is C12H12N4S. The van der Waals surface area contributed by atoms with Crippen LogP contribution in [-0.4, -0.2) is 9.97 Å². The fraction of sp³-hybridized carbons (Fsp3) is 0.250. The number of rotatable bonds is 3. The van der Waals surface area contributed by atoms with E-state index in [-0.39, 0.29) is 6.04 Å². The number of anilines is 1. The van der Waals surface area contributed by atoms with Gasteiger partial charge < -0.3 is 5.32 Å². The molecule has 0 aliphatic rings. The molecule has 0 aliphatic heterocycles. The molecule has 0 bridgehead atoms. The molecule has 86 valence electrons. The maximum absolute atomic E-state index is 8.96. The Kier molecular flexibility index (Phi) is 3.35. The van der Waals surface area contributed by atoms with Gasteiger partial charge in [0.2, 0.25) is 0 Å². The van der Waals surface area contributed by atoms with Gasteiger partial charge in [-0.05, 0) is 26.0 Å². The van der Waals surface area contributed by atoms with Crippen molar-refractivity contribution >= 4 is 17.2 Å². The number of nitrogens with one attached hydrogen (secondary N) is 1. The normalized spacial score (nSPS) is 11.8. The van der Waals surface area contributed by atoms with Crippen molar-refractivity contribution in [3.63, 3.8) is 0 Å². The number of nitrogens with zero attached hydrogens (tertiary/aromatic N) is 3. The maximum Gasteiger partial charge on any atom is 0.144 e. The molecule has 2 rings (SSSR count). The Morgan fingerprint density at radius 2 is 2.35 bits per heavy atom. The van der Waals surface area contributed by atoms with Gasteiger partial charge in [-0.1, -0.05) is 0 Å². The van der Waals surface area contributed by atoms with Crippen molar-refractivity contribution < 1.29 is 0 Å². The topological polar surface area (TPSA) is 61.6 Å². The number of aromatic nitrogens is 2.